The van der Waals surface area contributed by atoms with Gasteiger partial charge in [-0.1, -0.05) is 41.9 Å². The minimum absolute atomic E-state index is 0.0466. The lowest BCUT2D eigenvalue weighted by atomic mass is 9.84. The number of nitrogens with one attached hydrogen (secondary N) is 2. The second kappa shape index (κ2) is 9.42. The van der Waals surface area contributed by atoms with Gasteiger partial charge in [-0.2, -0.15) is 0 Å². The average Bonchev–Trinajstić information content (AvgIpc) is 3.32. The maximum atomic E-state index is 14.6. The lowest BCUT2D eigenvalue weighted by Gasteiger charge is -2.27. The van der Waals surface area contributed by atoms with Crippen LogP contribution in [-0.2, 0) is 10.2 Å². The Morgan fingerprint density at radius 2 is 1.97 bits per heavy atom. The number of halogens is 2. The summed E-state index contributed by atoms with van der Waals surface area (Å²) in [4.78, 5) is 30.6. The van der Waals surface area contributed by atoms with Crippen LogP contribution in [0.4, 0.5) is 14.9 Å². The maximum absolute atomic E-state index is 14.6. The van der Waals surface area contributed by atoms with Crippen LogP contribution in [0, 0.1) is 5.82 Å². The van der Waals surface area contributed by atoms with E-state index >= 15 is 0 Å². The van der Waals surface area contributed by atoms with Gasteiger partial charge in [0.25, 0.3) is 5.91 Å². The van der Waals surface area contributed by atoms with Crippen molar-refractivity contribution in [2.24, 2.45) is 0 Å². The number of aromatic nitrogens is 3. The Balaban J connectivity index is 1.40. The molecule has 10 heteroatoms. The fraction of sp³-hybridized carbons (Fsp3) is 0.333. The Labute approximate surface area is 201 Å². The molecule has 0 fully saturated rings. The molecule has 1 aromatic heterocycles. The van der Waals surface area contributed by atoms with Crippen LogP contribution in [0.3, 0.4) is 0 Å². The van der Waals surface area contributed by atoms with Gasteiger partial charge < -0.3 is 9.64 Å². The van der Waals surface area contributed by atoms with Crippen molar-refractivity contribution in [3.8, 4) is 0 Å². The zero-order valence-electron chi connectivity index (χ0n) is 19.1. The topological polar surface area (TPSA) is 100 Å². The Kier molecular flexibility index (Phi) is 6.56. The van der Waals surface area contributed by atoms with Crippen LogP contribution < -0.4 is 5.32 Å². The van der Waals surface area contributed by atoms with Crippen LogP contribution in [0.2, 0.25) is 5.02 Å². The number of ether oxygens (including phenoxy) is 1. The van der Waals surface area contributed by atoms with Crippen molar-refractivity contribution in [3.63, 3.8) is 0 Å². The molecule has 2 N–H and O–H groups in total. The Bertz CT molecular complexity index is 1210. The molecular formula is C24H25ClFN5O3. The fourth-order valence-corrected chi connectivity index (χ4v) is 4.10. The van der Waals surface area contributed by atoms with Gasteiger partial charge in [0, 0.05) is 19.0 Å². The molecule has 0 spiro atoms. The second-order valence-corrected chi connectivity index (χ2v) is 9.12. The van der Waals surface area contributed by atoms with Gasteiger partial charge in [-0.3, -0.25) is 15.2 Å². The van der Waals surface area contributed by atoms with Crippen LogP contribution in [0.25, 0.3) is 0 Å². The number of nitrogens with zero attached hydrogens (tertiary/aromatic N) is 3. The molecule has 0 aliphatic carbocycles. The van der Waals surface area contributed by atoms with Crippen LogP contribution in [0.5, 0.6) is 0 Å². The molecule has 178 valence electrons. The molecular weight excluding hydrogens is 461 g/mol. The molecule has 1 unspecified atom stereocenters. The number of anilines is 1. The van der Waals surface area contributed by atoms with Gasteiger partial charge in [0.15, 0.2) is 5.82 Å². The van der Waals surface area contributed by atoms with Gasteiger partial charge >= 0.3 is 6.09 Å². The van der Waals surface area contributed by atoms with Gasteiger partial charge in [-0.25, -0.2) is 14.2 Å². The van der Waals surface area contributed by atoms with E-state index in [-0.39, 0.29) is 22.3 Å². The molecule has 2 amide bonds. The number of benzene rings is 2. The summed E-state index contributed by atoms with van der Waals surface area (Å²) in [7, 11) is 1.64. The van der Waals surface area contributed by atoms with Crippen molar-refractivity contribution in [1.82, 2.24) is 20.1 Å². The summed E-state index contributed by atoms with van der Waals surface area (Å²) in [5, 5.41) is 9.44. The Morgan fingerprint density at radius 1 is 1.24 bits per heavy atom. The summed E-state index contributed by atoms with van der Waals surface area (Å²) in [5.41, 5.74) is 1.13. The van der Waals surface area contributed by atoms with Crippen LogP contribution in [0.1, 0.15) is 60.4 Å². The van der Waals surface area contributed by atoms with Crippen molar-refractivity contribution >= 4 is 29.3 Å². The highest BCUT2D eigenvalue weighted by Gasteiger charge is 2.31. The van der Waals surface area contributed by atoms with Crippen molar-refractivity contribution in [1.29, 1.82) is 0 Å². The molecule has 4 rings (SSSR count). The largest absolute Gasteiger partial charge is 0.441 e. The third-order valence-corrected chi connectivity index (χ3v) is 6.30. The molecule has 0 saturated heterocycles. The van der Waals surface area contributed by atoms with Gasteiger partial charge in [0.1, 0.15) is 11.9 Å². The first-order chi connectivity index (χ1) is 16.2. The fourth-order valence-electron chi connectivity index (χ4n) is 3.94. The number of hydrogen-bond acceptors (Lipinski definition) is 5. The summed E-state index contributed by atoms with van der Waals surface area (Å²) in [5.74, 6) is -0.315. The average molecular weight is 486 g/mol. The number of aromatic amines is 1. The van der Waals surface area contributed by atoms with E-state index in [2.05, 4.69) is 20.5 Å². The number of rotatable bonds is 7. The highest BCUT2D eigenvalue weighted by atomic mass is 35.5. The molecule has 1 aliphatic rings. The Morgan fingerprint density at radius 3 is 2.71 bits per heavy atom. The zero-order chi connectivity index (χ0) is 24.5. The van der Waals surface area contributed by atoms with E-state index in [0.717, 1.165) is 5.56 Å². The standard InChI is InChI=1S/C24H25ClFN5O3/c1-24(2,14-8-5-4-6-9-14)22-28-20(29-30-22)21(32)31(3)13-7-10-17-18-16(27-23(33)34-17)12-11-15(25)19(18)26/h4-6,8-9,11-12,17H,7,10,13H2,1-3H3,(H,27,33)(H,28,29,30). The van der Waals surface area contributed by atoms with Gasteiger partial charge in [0.2, 0.25) is 5.82 Å². The van der Waals surface area contributed by atoms with E-state index in [4.69, 9.17) is 16.3 Å². The number of carbonyl (C=O) groups is 2. The van der Waals surface area contributed by atoms with Crippen molar-refractivity contribution in [3.05, 3.63) is 76.1 Å². The van der Waals surface area contributed by atoms with Crippen molar-refractivity contribution < 1.29 is 18.7 Å². The summed E-state index contributed by atoms with van der Waals surface area (Å²) in [6.07, 6.45) is -0.681. The monoisotopic (exact) mass is 485 g/mol. The molecule has 2 aromatic carbocycles. The summed E-state index contributed by atoms with van der Waals surface area (Å²) in [6, 6.07) is 12.8. The normalized spacial score (nSPS) is 15.3. The number of H-pyrrole nitrogens is 1. The highest BCUT2D eigenvalue weighted by Crippen LogP contribution is 2.38. The number of hydrogen-bond donors (Lipinski definition) is 2. The quantitative estimate of drug-likeness (QED) is 0.486. The smallest absolute Gasteiger partial charge is 0.412 e. The van der Waals surface area contributed by atoms with E-state index < -0.39 is 23.4 Å². The SMILES string of the molecule is CN(CCCC1OC(=O)Nc2ccc(Cl)c(F)c21)C(=O)c1n[nH]c(C(C)(C)c2ccccc2)n1. The first-order valence-electron chi connectivity index (χ1n) is 10.9. The first kappa shape index (κ1) is 23.7. The van der Waals surface area contributed by atoms with Gasteiger partial charge in [-0.15, -0.1) is 5.10 Å². The minimum atomic E-state index is -0.798. The number of fused-ring (bicyclic) bond motifs is 1. The lowest BCUT2D eigenvalue weighted by molar-refractivity contribution is 0.0749. The van der Waals surface area contributed by atoms with E-state index in [1.54, 1.807) is 13.1 Å². The molecule has 1 aliphatic heterocycles. The molecule has 0 bridgehead atoms. The number of cyclic esters (lactones) is 1. The molecule has 8 nitrogen and oxygen atoms in total. The third kappa shape index (κ3) is 4.61. The van der Waals surface area contributed by atoms with E-state index in [1.807, 2.05) is 44.2 Å². The summed E-state index contributed by atoms with van der Waals surface area (Å²) >= 11 is 5.90. The van der Waals surface area contributed by atoms with Crippen LogP contribution in [0.15, 0.2) is 42.5 Å². The lowest BCUT2D eigenvalue weighted by Crippen LogP contribution is -2.30. The molecule has 34 heavy (non-hydrogen) atoms. The summed E-state index contributed by atoms with van der Waals surface area (Å²) in [6.45, 7) is 4.35. The molecule has 1 atom stereocenters. The molecule has 0 radical (unpaired) electrons. The second-order valence-electron chi connectivity index (χ2n) is 8.71. The predicted octanol–water partition coefficient (Wildman–Crippen LogP) is 5.08. The van der Waals surface area contributed by atoms with E-state index in [0.29, 0.717) is 30.9 Å². The molecule has 0 saturated carbocycles. The molecule has 2 heterocycles. The first-order valence-corrected chi connectivity index (χ1v) is 11.3. The van der Waals surface area contributed by atoms with Crippen LogP contribution >= 0.6 is 11.6 Å². The minimum Gasteiger partial charge on any atom is -0.441 e. The van der Waals surface area contributed by atoms with Crippen molar-refractivity contribution in [2.45, 2.75) is 38.2 Å². The number of carbonyl (C=O) groups excluding carboxylic acids is 2. The highest BCUT2D eigenvalue weighted by molar-refractivity contribution is 6.31. The van der Waals surface area contributed by atoms with Crippen LogP contribution in [-0.4, -0.2) is 45.7 Å². The Hall–Kier alpha value is -3.46. The van der Waals surface area contributed by atoms with E-state index in [1.165, 1.54) is 11.0 Å². The molecule has 3 aromatic rings. The van der Waals surface area contributed by atoms with Gasteiger partial charge in [0.05, 0.1) is 16.3 Å². The number of amides is 2. The van der Waals surface area contributed by atoms with E-state index in [9.17, 15) is 14.0 Å². The predicted molar refractivity (Wildman–Crippen MR) is 125 cm³/mol. The summed E-state index contributed by atoms with van der Waals surface area (Å²) < 4.78 is 19.8. The van der Waals surface area contributed by atoms with Gasteiger partial charge in [-0.05, 0) is 44.4 Å². The zero-order valence-corrected chi connectivity index (χ0v) is 19.8. The maximum Gasteiger partial charge on any atom is 0.412 e. The third-order valence-electron chi connectivity index (χ3n) is 6.01. The van der Waals surface area contributed by atoms with Crippen molar-refractivity contribution in [2.75, 3.05) is 18.9 Å².